The number of hydrogen-bond donors (Lipinski definition) is 1. The maximum absolute atomic E-state index is 12.3. The minimum absolute atomic E-state index is 0.0746. The van der Waals surface area contributed by atoms with Crippen LogP contribution in [-0.2, 0) is 11.2 Å². The van der Waals surface area contributed by atoms with Gasteiger partial charge in [0.2, 0.25) is 0 Å². The van der Waals surface area contributed by atoms with Gasteiger partial charge in [-0.2, -0.15) is 0 Å². The molecule has 24 heavy (non-hydrogen) atoms. The molecule has 1 atom stereocenters. The zero-order valence-electron chi connectivity index (χ0n) is 13.7. The number of nitrogens with one attached hydrogen (secondary N) is 1. The summed E-state index contributed by atoms with van der Waals surface area (Å²) < 4.78 is 5.46. The van der Waals surface area contributed by atoms with E-state index in [-0.39, 0.29) is 11.9 Å². The van der Waals surface area contributed by atoms with Crippen LogP contribution in [0.4, 0.5) is 0 Å². The summed E-state index contributed by atoms with van der Waals surface area (Å²) in [6.45, 7) is 3.92. The molecule has 2 heterocycles. The second-order valence-electron chi connectivity index (χ2n) is 5.94. The summed E-state index contributed by atoms with van der Waals surface area (Å²) in [6, 6.07) is 14.2. The van der Waals surface area contributed by atoms with Crippen molar-refractivity contribution in [3.05, 3.63) is 66.0 Å². The smallest absolute Gasteiger partial charge is 0.252 e. The number of carbonyl (C=O) groups excluding carboxylic acids is 1. The topological polar surface area (TPSA) is 54.5 Å². The molecule has 0 radical (unpaired) electrons. The number of aromatic nitrogens is 1. The van der Waals surface area contributed by atoms with Gasteiger partial charge in [-0.05, 0) is 24.1 Å². The van der Waals surface area contributed by atoms with Crippen molar-refractivity contribution < 1.29 is 9.53 Å². The van der Waals surface area contributed by atoms with Gasteiger partial charge in [-0.25, -0.2) is 0 Å². The summed E-state index contributed by atoms with van der Waals surface area (Å²) in [5.74, 6) is -0.0746. The van der Waals surface area contributed by atoms with Crippen molar-refractivity contribution in [2.75, 3.05) is 32.8 Å². The first-order chi connectivity index (χ1) is 11.8. The van der Waals surface area contributed by atoms with Crippen LogP contribution in [0.5, 0.6) is 0 Å². The van der Waals surface area contributed by atoms with Crippen LogP contribution < -0.4 is 5.32 Å². The van der Waals surface area contributed by atoms with E-state index in [1.165, 1.54) is 5.56 Å². The Labute approximate surface area is 142 Å². The van der Waals surface area contributed by atoms with Gasteiger partial charge in [0.15, 0.2) is 0 Å². The van der Waals surface area contributed by atoms with Gasteiger partial charge in [-0.15, -0.1) is 0 Å². The average Bonchev–Trinajstić information content (AvgIpc) is 2.67. The molecule has 1 aromatic heterocycles. The summed E-state index contributed by atoms with van der Waals surface area (Å²) in [5, 5.41) is 3.06. The highest BCUT2D eigenvalue weighted by Crippen LogP contribution is 2.11. The van der Waals surface area contributed by atoms with Gasteiger partial charge in [0, 0.05) is 38.1 Å². The summed E-state index contributed by atoms with van der Waals surface area (Å²) >= 11 is 0. The molecule has 1 fully saturated rings. The van der Waals surface area contributed by atoms with Crippen LogP contribution in [0.1, 0.15) is 15.9 Å². The maximum atomic E-state index is 12.3. The van der Waals surface area contributed by atoms with Crippen LogP contribution in [0.3, 0.4) is 0 Å². The third kappa shape index (κ3) is 4.63. The number of carbonyl (C=O) groups is 1. The molecule has 1 saturated heterocycles. The molecule has 1 unspecified atom stereocenters. The SMILES string of the molecule is O=C(NCC(Cc1ccccc1)N1CCOCC1)c1cccnc1. The van der Waals surface area contributed by atoms with E-state index in [0.29, 0.717) is 12.1 Å². The zero-order chi connectivity index (χ0) is 16.6. The molecular formula is C19H23N3O2. The summed E-state index contributed by atoms with van der Waals surface area (Å²) in [7, 11) is 0. The van der Waals surface area contributed by atoms with E-state index in [0.717, 1.165) is 32.7 Å². The fourth-order valence-corrected chi connectivity index (χ4v) is 2.97. The van der Waals surface area contributed by atoms with Crippen LogP contribution in [0.25, 0.3) is 0 Å². The van der Waals surface area contributed by atoms with Crippen LogP contribution >= 0.6 is 0 Å². The molecule has 126 valence electrons. The molecule has 1 amide bonds. The maximum Gasteiger partial charge on any atom is 0.252 e. The van der Waals surface area contributed by atoms with Crippen molar-refractivity contribution in [2.24, 2.45) is 0 Å². The molecule has 0 saturated carbocycles. The highest BCUT2D eigenvalue weighted by molar-refractivity contribution is 5.93. The van der Waals surface area contributed by atoms with Crippen LogP contribution in [0, 0.1) is 0 Å². The van der Waals surface area contributed by atoms with E-state index >= 15 is 0 Å². The lowest BCUT2D eigenvalue weighted by Crippen LogP contribution is -2.49. The third-order valence-corrected chi connectivity index (χ3v) is 4.30. The zero-order valence-corrected chi connectivity index (χ0v) is 13.7. The lowest BCUT2D eigenvalue weighted by molar-refractivity contribution is 0.0167. The predicted octanol–water partition coefficient (Wildman–Crippen LogP) is 1.75. The van der Waals surface area contributed by atoms with Crippen molar-refractivity contribution in [1.82, 2.24) is 15.2 Å². The molecule has 1 N–H and O–H groups in total. The Hall–Kier alpha value is -2.24. The lowest BCUT2D eigenvalue weighted by atomic mass is 10.0. The second-order valence-corrected chi connectivity index (χ2v) is 5.94. The highest BCUT2D eigenvalue weighted by Gasteiger charge is 2.22. The Bertz CT molecular complexity index is 628. The molecule has 0 aliphatic carbocycles. The van der Waals surface area contributed by atoms with E-state index in [1.54, 1.807) is 24.5 Å². The van der Waals surface area contributed by atoms with Gasteiger partial charge in [0.25, 0.3) is 5.91 Å². The molecule has 3 rings (SSSR count). The van der Waals surface area contributed by atoms with E-state index < -0.39 is 0 Å². The molecule has 0 bridgehead atoms. The highest BCUT2D eigenvalue weighted by atomic mass is 16.5. The van der Waals surface area contributed by atoms with Crippen molar-refractivity contribution >= 4 is 5.91 Å². The molecule has 1 aliphatic rings. The fourth-order valence-electron chi connectivity index (χ4n) is 2.97. The quantitative estimate of drug-likeness (QED) is 0.879. The van der Waals surface area contributed by atoms with Gasteiger partial charge in [-0.1, -0.05) is 30.3 Å². The van der Waals surface area contributed by atoms with Crippen molar-refractivity contribution in [1.29, 1.82) is 0 Å². The van der Waals surface area contributed by atoms with Crippen molar-refractivity contribution in [3.63, 3.8) is 0 Å². The van der Waals surface area contributed by atoms with E-state index in [2.05, 4.69) is 39.5 Å². The standard InChI is InChI=1S/C19H23N3O2/c23-19(17-7-4-8-20-14-17)21-15-18(22-9-11-24-12-10-22)13-16-5-2-1-3-6-16/h1-8,14,18H,9-13,15H2,(H,21,23). The van der Waals surface area contributed by atoms with Gasteiger partial charge in [0.05, 0.1) is 18.8 Å². The van der Waals surface area contributed by atoms with Gasteiger partial charge in [0.1, 0.15) is 0 Å². The van der Waals surface area contributed by atoms with Gasteiger partial charge < -0.3 is 10.1 Å². The molecule has 1 aliphatic heterocycles. The Morgan fingerprint density at radius 1 is 1.17 bits per heavy atom. The van der Waals surface area contributed by atoms with E-state index in [4.69, 9.17) is 4.74 Å². The number of nitrogens with zero attached hydrogens (tertiary/aromatic N) is 2. The Balaban J connectivity index is 1.64. The fraction of sp³-hybridized carbons (Fsp3) is 0.368. The second kappa shape index (κ2) is 8.57. The normalized spacial score (nSPS) is 16.5. The predicted molar refractivity (Wildman–Crippen MR) is 92.9 cm³/mol. The minimum Gasteiger partial charge on any atom is -0.379 e. The molecule has 1 aromatic carbocycles. The molecular weight excluding hydrogens is 302 g/mol. The van der Waals surface area contributed by atoms with Crippen LogP contribution in [0.2, 0.25) is 0 Å². The lowest BCUT2D eigenvalue weighted by Gasteiger charge is -2.34. The monoisotopic (exact) mass is 325 g/mol. The van der Waals surface area contributed by atoms with E-state index in [1.807, 2.05) is 6.07 Å². The number of benzene rings is 1. The number of pyridine rings is 1. The molecule has 0 spiro atoms. The number of rotatable bonds is 6. The van der Waals surface area contributed by atoms with Crippen molar-refractivity contribution in [2.45, 2.75) is 12.5 Å². The number of morpholine rings is 1. The summed E-state index contributed by atoms with van der Waals surface area (Å²) in [6.07, 6.45) is 4.17. The summed E-state index contributed by atoms with van der Waals surface area (Å²) in [5.41, 5.74) is 1.88. The number of amides is 1. The molecule has 2 aromatic rings. The van der Waals surface area contributed by atoms with Crippen LogP contribution in [0.15, 0.2) is 54.9 Å². The number of ether oxygens (including phenoxy) is 1. The summed E-state index contributed by atoms with van der Waals surface area (Å²) in [4.78, 5) is 18.7. The minimum atomic E-state index is -0.0746. The Morgan fingerprint density at radius 2 is 1.96 bits per heavy atom. The number of hydrogen-bond acceptors (Lipinski definition) is 4. The first-order valence-corrected chi connectivity index (χ1v) is 8.37. The Kier molecular flexibility index (Phi) is 5.93. The average molecular weight is 325 g/mol. The first-order valence-electron chi connectivity index (χ1n) is 8.37. The third-order valence-electron chi connectivity index (χ3n) is 4.30. The first kappa shape index (κ1) is 16.6. The molecule has 5 nitrogen and oxygen atoms in total. The van der Waals surface area contributed by atoms with E-state index in [9.17, 15) is 4.79 Å². The van der Waals surface area contributed by atoms with Crippen molar-refractivity contribution in [3.8, 4) is 0 Å². The largest absolute Gasteiger partial charge is 0.379 e. The van der Waals surface area contributed by atoms with Crippen LogP contribution in [-0.4, -0.2) is 54.7 Å². The molecule has 5 heteroatoms. The van der Waals surface area contributed by atoms with Gasteiger partial charge in [-0.3, -0.25) is 14.7 Å². The van der Waals surface area contributed by atoms with Gasteiger partial charge >= 0.3 is 0 Å². The Morgan fingerprint density at radius 3 is 2.67 bits per heavy atom.